The molecule has 1 fully saturated rings. The van der Waals surface area contributed by atoms with Crippen LogP contribution in [0, 0.1) is 6.92 Å². The molecule has 1 amide bonds. The molecule has 1 aromatic carbocycles. The van der Waals surface area contributed by atoms with Crippen molar-refractivity contribution in [2.24, 2.45) is 0 Å². The second-order valence-electron chi connectivity index (χ2n) is 5.88. The summed E-state index contributed by atoms with van der Waals surface area (Å²) < 4.78 is 5.68. The molecule has 1 aromatic heterocycles. The fraction of sp³-hybridized carbons (Fsp3) is 0.333. The van der Waals surface area contributed by atoms with Gasteiger partial charge in [-0.15, -0.1) is 0 Å². The van der Waals surface area contributed by atoms with Crippen molar-refractivity contribution < 1.29 is 19.1 Å². The number of amides is 1. The van der Waals surface area contributed by atoms with Crippen LogP contribution in [0.15, 0.2) is 40.8 Å². The molecule has 5 nitrogen and oxygen atoms in total. The van der Waals surface area contributed by atoms with E-state index in [4.69, 9.17) is 9.52 Å². The van der Waals surface area contributed by atoms with E-state index in [-0.39, 0.29) is 23.9 Å². The van der Waals surface area contributed by atoms with Crippen LogP contribution in [0.1, 0.15) is 46.3 Å². The minimum absolute atomic E-state index is 0.00379. The summed E-state index contributed by atoms with van der Waals surface area (Å²) in [5, 5.41) is 9.04. The van der Waals surface area contributed by atoms with E-state index in [1.807, 2.05) is 24.0 Å². The van der Waals surface area contributed by atoms with Gasteiger partial charge in [0.25, 0.3) is 0 Å². The van der Waals surface area contributed by atoms with Crippen molar-refractivity contribution >= 4 is 11.9 Å². The Balaban J connectivity index is 1.74. The van der Waals surface area contributed by atoms with Gasteiger partial charge in [-0.25, -0.2) is 4.79 Å². The average molecular weight is 313 g/mol. The predicted octanol–water partition coefficient (Wildman–Crippen LogP) is 3.19. The Bertz CT molecular complexity index is 734. The van der Waals surface area contributed by atoms with E-state index in [2.05, 4.69) is 0 Å². The van der Waals surface area contributed by atoms with Crippen molar-refractivity contribution in [2.75, 3.05) is 6.54 Å². The number of hydrogen-bond acceptors (Lipinski definition) is 3. The first-order valence-electron chi connectivity index (χ1n) is 7.72. The van der Waals surface area contributed by atoms with Gasteiger partial charge in [-0.3, -0.25) is 4.79 Å². The monoisotopic (exact) mass is 313 g/mol. The Kier molecular flexibility index (Phi) is 4.19. The maximum absolute atomic E-state index is 12.6. The maximum atomic E-state index is 12.6. The van der Waals surface area contributed by atoms with Crippen molar-refractivity contribution in [3.63, 3.8) is 0 Å². The van der Waals surface area contributed by atoms with E-state index in [9.17, 15) is 9.59 Å². The van der Waals surface area contributed by atoms with Crippen molar-refractivity contribution in [1.29, 1.82) is 0 Å². The number of likely N-dealkylation sites (tertiary alicyclic amines) is 1. The molecule has 1 aliphatic rings. The van der Waals surface area contributed by atoms with E-state index in [1.165, 1.54) is 6.07 Å². The van der Waals surface area contributed by atoms with E-state index in [0.29, 0.717) is 6.54 Å². The van der Waals surface area contributed by atoms with Crippen LogP contribution in [0.4, 0.5) is 0 Å². The van der Waals surface area contributed by atoms with Crippen LogP contribution in [0.3, 0.4) is 0 Å². The smallest absolute Gasteiger partial charge is 0.335 e. The molecule has 0 saturated carbocycles. The van der Waals surface area contributed by atoms with Crippen LogP contribution in [-0.2, 0) is 11.2 Å². The highest BCUT2D eigenvalue weighted by atomic mass is 16.4. The number of carbonyl (C=O) groups excluding carboxylic acids is 1. The number of aromatic carboxylic acids is 1. The van der Waals surface area contributed by atoms with Gasteiger partial charge < -0.3 is 14.4 Å². The molecule has 2 aromatic rings. The lowest BCUT2D eigenvalue weighted by Gasteiger charge is -2.23. The summed E-state index contributed by atoms with van der Waals surface area (Å²) >= 11 is 0. The van der Waals surface area contributed by atoms with Gasteiger partial charge in [0.15, 0.2) is 0 Å². The number of hydrogen-bond donors (Lipinski definition) is 1. The second-order valence-corrected chi connectivity index (χ2v) is 5.88. The fourth-order valence-electron chi connectivity index (χ4n) is 3.08. The standard InChI is InChI=1S/C18H19NO4/c1-12-7-8-16(23-12)15-6-3-9-19(15)17(20)11-13-4-2-5-14(10-13)18(21)22/h2,4-5,7-8,10,15H,3,6,9,11H2,1H3,(H,21,22). The van der Waals surface area contributed by atoms with Crippen LogP contribution < -0.4 is 0 Å². The lowest BCUT2D eigenvalue weighted by molar-refractivity contribution is -0.131. The molecule has 120 valence electrons. The maximum Gasteiger partial charge on any atom is 0.335 e. The number of rotatable bonds is 4. The minimum atomic E-state index is -0.982. The number of furan rings is 1. The van der Waals surface area contributed by atoms with Crippen LogP contribution in [-0.4, -0.2) is 28.4 Å². The molecule has 1 unspecified atom stereocenters. The molecule has 5 heteroatoms. The highest BCUT2D eigenvalue weighted by molar-refractivity contribution is 5.88. The number of aryl methyl sites for hydroxylation is 1. The number of carboxylic acid groups (broad SMARTS) is 1. The Morgan fingerprint density at radius 1 is 1.30 bits per heavy atom. The highest BCUT2D eigenvalue weighted by Crippen LogP contribution is 2.33. The molecule has 1 atom stereocenters. The van der Waals surface area contributed by atoms with Crippen molar-refractivity contribution in [1.82, 2.24) is 4.90 Å². The molecule has 2 heterocycles. The summed E-state index contributed by atoms with van der Waals surface area (Å²) in [4.78, 5) is 25.5. The zero-order valence-corrected chi connectivity index (χ0v) is 13.0. The van der Waals surface area contributed by atoms with Gasteiger partial charge in [0.05, 0.1) is 18.0 Å². The van der Waals surface area contributed by atoms with Gasteiger partial charge in [0.2, 0.25) is 5.91 Å². The fourth-order valence-corrected chi connectivity index (χ4v) is 3.08. The molecule has 0 radical (unpaired) electrons. The van der Waals surface area contributed by atoms with E-state index in [1.54, 1.807) is 18.2 Å². The normalized spacial score (nSPS) is 17.4. The van der Waals surface area contributed by atoms with Gasteiger partial charge in [0, 0.05) is 6.54 Å². The third kappa shape index (κ3) is 3.28. The first-order valence-corrected chi connectivity index (χ1v) is 7.72. The molecular weight excluding hydrogens is 294 g/mol. The van der Waals surface area contributed by atoms with Gasteiger partial charge >= 0.3 is 5.97 Å². The Morgan fingerprint density at radius 2 is 2.13 bits per heavy atom. The van der Waals surface area contributed by atoms with E-state index >= 15 is 0 Å². The molecule has 23 heavy (non-hydrogen) atoms. The number of carboxylic acids is 1. The summed E-state index contributed by atoms with van der Waals surface area (Å²) in [5.74, 6) is 0.689. The van der Waals surface area contributed by atoms with Crippen LogP contribution >= 0.6 is 0 Å². The summed E-state index contributed by atoms with van der Waals surface area (Å²) in [7, 11) is 0. The van der Waals surface area contributed by atoms with Crippen molar-refractivity contribution in [3.8, 4) is 0 Å². The molecule has 1 saturated heterocycles. The number of nitrogens with zero attached hydrogens (tertiary/aromatic N) is 1. The first kappa shape index (κ1) is 15.3. The molecule has 0 spiro atoms. The summed E-state index contributed by atoms with van der Waals surface area (Å²) in [5.41, 5.74) is 0.922. The van der Waals surface area contributed by atoms with Crippen LogP contribution in [0.25, 0.3) is 0 Å². The summed E-state index contributed by atoms with van der Waals surface area (Å²) in [6.07, 6.45) is 2.05. The first-order chi connectivity index (χ1) is 11.0. The minimum Gasteiger partial charge on any atom is -0.478 e. The quantitative estimate of drug-likeness (QED) is 0.941. The van der Waals surface area contributed by atoms with Crippen LogP contribution in [0.5, 0.6) is 0 Å². The predicted molar refractivity (Wildman–Crippen MR) is 84.2 cm³/mol. The zero-order valence-electron chi connectivity index (χ0n) is 13.0. The molecule has 0 aliphatic carbocycles. The van der Waals surface area contributed by atoms with Gasteiger partial charge in [-0.2, -0.15) is 0 Å². The van der Waals surface area contributed by atoms with Gasteiger partial charge in [0.1, 0.15) is 11.5 Å². The van der Waals surface area contributed by atoms with Gasteiger partial charge in [-0.1, -0.05) is 12.1 Å². The van der Waals surface area contributed by atoms with Gasteiger partial charge in [-0.05, 0) is 49.6 Å². The Morgan fingerprint density at radius 3 is 2.83 bits per heavy atom. The number of benzene rings is 1. The molecule has 1 aliphatic heterocycles. The third-order valence-electron chi connectivity index (χ3n) is 4.19. The third-order valence-corrected chi connectivity index (χ3v) is 4.19. The van der Waals surface area contributed by atoms with E-state index < -0.39 is 5.97 Å². The highest BCUT2D eigenvalue weighted by Gasteiger charge is 2.31. The topological polar surface area (TPSA) is 70.8 Å². The Labute approximate surface area is 134 Å². The van der Waals surface area contributed by atoms with Crippen molar-refractivity contribution in [3.05, 3.63) is 59.0 Å². The Hall–Kier alpha value is -2.56. The molecule has 1 N–H and O–H groups in total. The van der Waals surface area contributed by atoms with E-state index in [0.717, 1.165) is 29.9 Å². The lowest BCUT2D eigenvalue weighted by atomic mass is 10.1. The number of carbonyl (C=O) groups is 2. The summed E-state index contributed by atoms with van der Waals surface area (Å²) in [6, 6.07) is 10.4. The average Bonchev–Trinajstić information content (AvgIpc) is 3.15. The summed E-state index contributed by atoms with van der Waals surface area (Å²) in [6.45, 7) is 2.60. The largest absolute Gasteiger partial charge is 0.478 e. The second kappa shape index (κ2) is 6.28. The zero-order chi connectivity index (χ0) is 16.4. The molecule has 3 rings (SSSR count). The molecular formula is C18H19NO4. The SMILES string of the molecule is Cc1ccc(C2CCCN2C(=O)Cc2cccc(C(=O)O)c2)o1. The molecule has 0 bridgehead atoms. The van der Waals surface area contributed by atoms with Crippen molar-refractivity contribution in [2.45, 2.75) is 32.2 Å². The van der Waals surface area contributed by atoms with Crippen LogP contribution in [0.2, 0.25) is 0 Å². The lowest BCUT2D eigenvalue weighted by Crippen LogP contribution is -2.31.